The molecule has 0 spiro atoms. The molecule has 0 heterocycles. The van der Waals surface area contributed by atoms with E-state index >= 15 is 0 Å². The van der Waals surface area contributed by atoms with Gasteiger partial charge in [-0.3, -0.25) is 14.4 Å². The molecular formula is C77H126O6. The lowest BCUT2D eigenvalue weighted by atomic mass is 10.1. The smallest absolute Gasteiger partial charge is 0.306 e. The van der Waals surface area contributed by atoms with Crippen LogP contribution >= 0.6 is 0 Å². The fraction of sp³-hybridized carbons (Fsp3) is 0.649. The first-order valence-corrected chi connectivity index (χ1v) is 34.3. The van der Waals surface area contributed by atoms with E-state index < -0.39 is 6.10 Å². The normalized spacial score (nSPS) is 13.0. The lowest BCUT2D eigenvalue weighted by molar-refractivity contribution is -0.167. The third-order valence-electron chi connectivity index (χ3n) is 14.3. The molecule has 470 valence electrons. The Bertz CT molecular complexity index is 1800. The second-order valence-corrected chi connectivity index (χ2v) is 22.4. The van der Waals surface area contributed by atoms with Crippen molar-refractivity contribution in [2.75, 3.05) is 13.2 Å². The van der Waals surface area contributed by atoms with Crippen molar-refractivity contribution >= 4 is 17.9 Å². The quantitative estimate of drug-likeness (QED) is 0.0261. The van der Waals surface area contributed by atoms with E-state index in [1.54, 1.807) is 0 Å². The second-order valence-electron chi connectivity index (χ2n) is 22.4. The molecule has 0 aliphatic heterocycles. The maximum Gasteiger partial charge on any atom is 0.306 e. The Kier molecular flexibility index (Phi) is 65.8. The summed E-state index contributed by atoms with van der Waals surface area (Å²) in [4.78, 5) is 38.3. The number of hydrogen-bond acceptors (Lipinski definition) is 6. The highest BCUT2D eigenvalue weighted by Gasteiger charge is 2.19. The van der Waals surface area contributed by atoms with Crippen LogP contribution in [0.5, 0.6) is 0 Å². The molecule has 0 fully saturated rings. The Morgan fingerprint density at radius 3 is 0.759 bits per heavy atom. The van der Waals surface area contributed by atoms with Crippen LogP contribution in [0, 0.1) is 0 Å². The minimum absolute atomic E-state index is 0.0882. The van der Waals surface area contributed by atoms with E-state index in [1.165, 1.54) is 116 Å². The SMILES string of the molecule is CC/C=C\C/C=C\C/C=C\C/C=C\C/C=C\C/C=C\C/C=C\C/C=C\C/C=C\CCCCCCCCCC(=O)OCC(COC(=O)CCCCCCCCCCCCC)OC(=O)CCCCCCCC/C=C\C/C=C\C/C=C\CCCCC. The molecule has 0 N–H and O–H groups in total. The molecule has 0 saturated carbocycles. The molecule has 0 amide bonds. The molecule has 0 radical (unpaired) electrons. The molecule has 0 aromatic heterocycles. The molecular weight excluding hydrogens is 1020 g/mol. The van der Waals surface area contributed by atoms with Gasteiger partial charge in [0.2, 0.25) is 0 Å². The van der Waals surface area contributed by atoms with Crippen LogP contribution in [0.4, 0.5) is 0 Å². The standard InChI is InChI=1S/C77H126O6/c1-4-7-10-13-16-19-22-24-26-28-30-31-32-33-34-35-36-37-38-39-40-41-42-43-44-45-47-48-50-52-55-58-61-64-67-70-76(79)82-73-74(72-81-75(78)69-66-63-60-57-54-21-18-15-12-9-6-3)83-77(80)71-68-65-62-59-56-53-51-49-46-29-27-25-23-20-17-14-11-8-5-2/h7,10,16-17,19-20,24-27,30-31,33-34,36-37,39-40,42-43,45-47,49,74H,4-6,8-9,11-15,18,21-23,28-29,32,35,38,41,44,48,50-73H2,1-3H3/b10-7-,19-16-,20-17-,26-24-,27-25-,31-30-,34-33-,37-36-,40-39-,43-42-,47-45-,49-46-. The van der Waals surface area contributed by atoms with Crippen LogP contribution < -0.4 is 0 Å². The average molecular weight is 1150 g/mol. The molecule has 0 aromatic rings. The maximum atomic E-state index is 12.9. The van der Waals surface area contributed by atoms with Crippen molar-refractivity contribution in [1.29, 1.82) is 0 Å². The van der Waals surface area contributed by atoms with Gasteiger partial charge in [-0.25, -0.2) is 0 Å². The first kappa shape index (κ1) is 78.3. The number of carbonyl (C=O) groups excluding carboxylic acids is 3. The molecule has 0 aliphatic rings. The van der Waals surface area contributed by atoms with Crippen LogP contribution in [-0.2, 0) is 28.6 Å². The van der Waals surface area contributed by atoms with Gasteiger partial charge in [-0.1, -0.05) is 301 Å². The number of esters is 3. The zero-order valence-electron chi connectivity index (χ0n) is 53.9. The average Bonchev–Trinajstić information content (AvgIpc) is 3.48. The third kappa shape index (κ3) is 68.0. The summed E-state index contributed by atoms with van der Waals surface area (Å²) in [5.41, 5.74) is 0. The lowest BCUT2D eigenvalue weighted by Crippen LogP contribution is -2.30. The predicted octanol–water partition coefficient (Wildman–Crippen LogP) is 23.9. The van der Waals surface area contributed by atoms with Crippen LogP contribution in [0.2, 0.25) is 0 Å². The summed E-state index contributed by atoms with van der Waals surface area (Å²) in [7, 11) is 0. The van der Waals surface area contributed by atoms with Crippen molar-refractivity contribution in [2.45, 2.75) is 309 Å². The van der Waals surface area contributed by atoms with Gasteiger partial charge < -0.3 is 14.2 Å². The summed E-state index contributed by atoms with van der Waals surface area (Å²) in [6.07, 6.45) is 100. The van der Waals surface area contributed by atoms with Crippen molar-refractivity contribution in [2.24, 2.45) is 0 Å². The predicted molar refractivity (Wildman–Crippen MR) is 362 cm³/mol. The second kappa shape index (κ2) is 69.8. The highest BCUT2D eigenvalue weighted by atomic mass is 16.6. The number of hydrogen-bond donors (Lipinski definition) is 0. The monoisotopic (exact) mass is 1150 g/mol. The molecule has 0 aliphatic carbocycles. The summed E-state index contributed by atoms with van der Waals surface area (Å²) in [5, 5.41) is 0. The molecule has 0 saturated heterocycles. The van der Waals surface area contributed by atoms with E-state index in [0.717, 1.165) is 148 Å². The van der Waals surface area contributed by atoms with Gasteiger partial charge in [0.25, 0.3) is 0 Å². The molecule has 0 aromatic carbocycles. The van der Waals surface area contributed by atoms with E-state index in [9.17, 15) is 14.4 Å². The van der Waals surface area contributed by atoms with Crippen LogP contribution in [-0.4, -0.2) is 37.2 Å². The number of unbranched alkanes of at least 4 members (excludes halogenated alkanes) is 26. The van der Waals surface area contributed by atoms with Crippen LogP contribution in [0.1, 0.15) is 303 Å². The van der Waals surface area contributed by atoms with Gasteiger partial charge in [0.1, 0.15) is 13.2 Å². The molecule has 83 heavy (non-hydrogen) atoms. The van der Waals surface area contributed by atoms with Crippen LogP contribution in [0.15, 0.2) is 146 Å². The first-order chi connectivity index (χ1) is 41.0. The fourth-order valence-electron chi connectivity index (χ4n) is 9.21. The van der Waals surface area contributed by atoms with E-state index in [1.807, 2.05) is 0 Å². The van der Waals surface area contributed by atoms with Crippen molar-refractivity contribution in [1.82, 2.24) is 0 Å². The van der Waals surface area contributed by atoms with Gasteiger partial charge in [0, 0.05) is 19.3 Å². The molecule has 0 rings (SSSR count). The number of allylic oxidation sites excluding steroid dienone is 24. The zero-order chi connectivity index (χ0) is 59.9. The van der Waals surface area contributed by atoms with E-state index in [0.29, 0.717) is 19.3 Å². The summed E-state index contributed by atoms with van der Waals surface area (Å²) < 4.78 is 16.9. The van der Waals surface area contributed by atoms with E-state index in [4.69, 9.17) is 14.2 Å². The number of ether oxygens (including phenoxy) is 3. The molecule has 6 nitrogen and oxygen atoms in total. The Hall–Kier alpha value is -4.71. The highest BCUT2D eigenvalue weighted by Crippen LogP contribution is 2.15. The van der Waals surface area contributed by atoms with Gasteiger partial charge in [-0.2, -0.15) is 0 Å². The summed E-state index contributed by atoms with van der Waals surface area (Å²) in [5.74, 6) is -0.909. The highest BCUT2D eigenvalue weighted by molar-refractivity contribution is 5.71. The van der Waals surface area contributed by atoms with Crippen molar-refractivity contribution in [3.63, 3.8) is 0 Å². The van der Waals surface area contributed by atoms with E-state index in [2.05, 4.69) is 167 Å². The Morgan fingerprint density at radius 1 is 0.253 bits per heavy atom. The Morgan fingerprint density at radius 2 is 0.470 bits per heavy atom. The Labute approximate surface area is 512 Å². The number of rotatable bonds is 61. The zero-order valence-corrected chi connectivity index (χ0v) is 53.9. The van der Waals surface area contributed by atoms with Crippen LogP contribution in [0.3, 0.4) is 0 Å². The fourth-order valence-corrected chi connectivity index (χ4v) is 9.21. The third-order valence-corrected chi connectivity index (χ3v) is 14.3. The largest absolute Gasteiger partial charge is 0.462 e. The summed E-state index contributed by atoms with van der Waals surface area (Å²) in [6.45, 7) is 6.48. The molecule has 0 bridgehead atoms. The minimum Gasteiger partial charge on any atom is -0.462 e. The topological polar surface area (TPSA) is 78.9 Å². The van der Waals surface area contributed by atoms with E-state index in [-0.39, 0.29) is 31.1 Å². The van der Waals surface area contributed by atoms with Gasteiger partial charge >= 0.3 is 17.9 Å². The summed E-state index contributed by atoms with van der Waals surface area (Å²) >= 11 is 0. The van der Waals surface area contributed by atoms with Crippen molar-refractivity contribution < 1.29 is 28.6 Å². The minimum atomic E-state index is -0.794. The Balaban J connectivity index is 4.28. The molecule has 1 atom stereocenters. The van der Waals surface area contributed by atoms with Gasteiger partial charge in [-0.15, -0.1) is 0 Å². The number of carbonyl (C=O) groups is 3. The van der Waals surface area contributed by atoms with Gasteiger partial charge in [0.05, 0.1) is 0 Å². The van der Waals surface area contributed by atoms with Gasteiger partial charge in [0.15, 0.2) is 6.10 Å². The molecule has 6 heteroatoms. The molecule has 1 unspecified atom stereocenters. The van der Waals surface area contributed by atoms with Crippen molar-refractivity contribution in [3.05, 3.63) is 146 Å². The van der Waals surface area contributed by atoms with Gasteiger partial charge in [-0.05, 0) is 128 Å². The first-order valence-electron chi connectivity index (χ1n) is 34.3. The van der Waals surface area contributed by atoms with Crippen molar-refractivity contribution in [3.8, 4) is 0 Å². The van der Waals surface area contributed by atoms with Crippen LogP contribution in [0.25, 0.3) is 0 Å². The summed E-state index contributed by atoms with van der Waals surface area (Å²) in [6, 6.07) is 0. The maximum absolute atomic E-state index is 12.9. The lowest BCUT2D eigenvalue weighted by Gasteiger charge is -2.18.